The van der Waals surface area contributed by atoms with Crippen LogP contribution < -0.4 is 14.8 Å². The average molecular weight is 508 g/mol. The van der Waals surface area contributed by atoms with E-state index < -0.39 is 6.10 Å². The van der Waals surface area contributed by atoms with E-state index in [0.717, 1.165) is 19.5 Å². The molecule has 3 atom stereocenters. The molecule has 204 valence electrons. The molecule has 0 aromatic heterocycles. The lowest BCUT2D eigenvalue weighted by atomic mass is 9.93. The van der Waals surface area contributed by atoms with Gasteiger partial charge in [-0.25, -0.2) is 0 Å². The molecule has 0 aliphatic carbocycles. The minimum atomic E-state index is -1.00. The number of aliphatic hydroxyl groups is 1. The third kappa shape index (κ3) is 8.08. The number of aliphatic hydroxyl groups excluding tert-OH is 1. The van der Waals surface area contributed by atoms with E-state index in [1.807, 2.05) is 32.6 Å². The Hall–Kier alpha value is -2.36. The fourth-order valence-corrected chi connectivity index (χ4v) is 4.42. The van der Waals surface area contributed by atoms with Crippen molar-refractivity contribution in [2.75, 3.05) is 60.7 Å². The predicted molar refractivity (Wildman–Crippen MR) is 139 cm³/mol. The topological polar surface area (TPSA) is 101 Å². The zero-order valence-electron chi connectivity index (χ0n) is 23.0. The van der Waals surface area contributed by atoms with Gasteiger partial charge in [0.15, 0.2) is 11.5 Å². The summed E-state index contributed by atoms with van der Waals surface area (Å²) in [5, 5.41) is 13.6. The number of amides is 2. The van der Waals surface area contributed by atoms with Crippen molar-refractivity contribution in [3.8, 4) is 11.5 Å². The smallest absolute Gasteiger partial charge is 0.254 e. The summed E-state index contributed by atoms with van der Waals surface area (Å²) in [4.78, 5) is 29.7. The molecule has 1 fully saturated rings. The molecule has 1 aliphatic rings. The van der Waals surface area contributed by atoms with Crippen molar-refractivity contribution in [1.82, 2.24) is 15.1 Å². The van der Waals surface area contributed by atoms with Crippen LogP contribution in [0.15, 0.2) is 18.2 Å². The Labute approximate surface area is 216 Å². The number of hydrogen-bond acceptors (Lipinski definition) is 7. The number of nitrogens with one attached hydrogen (secondary N) is 1. The summed E-state index contributed by atoms with van der Waals surface area (Å²) < 4.78 is 16.4. The van der Waals surface area contributed by atoms with Gasteiger partial charge in [0.25, 0.3) is 11.8 Å². The van der Waals surface area contributed by atoms with Crippen LogP contribution in [0.4, 0.5) is 0 Å². The van der Waals surface area contributed by atoms with Gasteiger partial charge in [0.05, 0.1) is 13.7 Å². The van der Waals surface area contributed by atoms with E-state index >= 15 is 0 Å². The van der Waals surface area contributed by atoms with Crippen molar-refractivity contribution < 1.29 is 28.9 Å². The lowest BCUT2D eigenvalue weighted by Crippen LogP contribution is -2.45. The molecule has 2 rings (SSSR count). The Morgan fingerprint density at radius 3 is 2.31 bits per heavy atom. The van der Waals surface area contributed by atoms with Gasteiger partial charge in [0, 0.05) is 65.0 Å². The van der Waals surface area contributed by atoms with E-state index in [-0.39, 0.29) is 35.6 Å². The van der Waals surface area contributed by atoms with Crippen LogP contribution in [-0.4, -0.2) is 99.5 Å². The van der Waals surface area contributed by atoms with Gasteiger partial charge in [-0.15, -0.1) is 0 Å². The lowest BCUT2D eigenvalue weighted by molar-refractivity contribution is -0.141. The monoisotopic (exact) mass is 507 g/mol. The number of carbonyl (C=O) groups is 2. The molecule has 1 unspecified atom stereocenters. The number of methoxy groups -OCH3 is 2. The Morgan fingerprint density at radius 2 is 1.72 bits per heavy atom. The quantitative estimate of drug-likeness (QED) is 0.373. The van der Waals surface area contributed by atoms with Crippen molar-refractivity contribution in [2.45, 2.75) is 46.3 Å². The highest BCUT2D eigenvalue weighted by Crippen LogP contribution is 2.30. The van der Waals surface area contributed by atoms with E-state index in [1.54, 1.807) is 44.4 Å². The second kappa shape index (κ2) is 14.4. The second-order valence-electron chi connectivity index (χ2n) is 10.2. The minimum Gasteiger partial charge on any atom is -0.493 e. The van der Waals surface area contributed by atoms with Gasteiger partial charge in [-0.3, -0.25) is 9.59 Å². The van der Waals surface area contributed by atoms with Gasteiger partial charge >= 0.3 is 0 Å². The first-order valence-corrected chi connectivity index (χ1v) is 12.8. The lowest BCUT2D eigenvalue weighted by Gasteiger charge is -2.33. The first-order chi connectivity index (χ1) is 17.1. The highest BCUT2D eigenvalue weighted by molar-refractivity contribution is 5.95. The van der Waals surface area contributed by atoms with E-state index in [2.05, 4.69) is 5.32 Å². The van der Waals surface area contributed by atoms with E-state index in [4.69, 9.17) is 14.2 Å². The number of hydrogen-bond donors (Lipinski definition) is 2. The molecule has 36 heavy (non-hydrogen) atoms. The maximum atomic E-state index is 13.6. The number of rotatable bonds is 14. The maximum Gasteiger partial charge on any atom is 0.254 e. The number of ether oxygens (including phenoxy) is 3. The van der Waals surface area contributed by atoms with Crippen LogP contribution in [0.25, 0.3) is 0 Å². The van der Waals surface area contributed by atoms with Crippen LogP contribution in [0.5, 0.6) is 11.5 Å². The fourth-order valence-electron chi connectivity index (χ4n) is 4.42. The highest BCUT2D eigenvalue weighted by atomic mass is 16.5. The van der Waals surface area contributed by atoms with Crippen molar-refractivity contribution in [3.05, 3.63) is 23.8 Å². The first kappa shape index (κ1) is 29.9. The van der Waals surface area contributed by atoms with E-state index in [1.165, 1.54) is 0 Å². The normalized spacial score (nSPS) is 18.4. The maximum absolute atomic E-state index is 13.6. The van der Waals surface area contributed by atoms with Crippen molar-refractivity contribution >= 4 is 11.8 Å². The Balaban J connectivity index is 2.12. The van der Waals surface area contributed by atoms with Crippen molar-refractivity contribution in [1.29, 1.82) is 0 Å². The van der Waals surface area contributed by atoms with Crippen LogP contribution in [0.3, 0.4) is 0 Å². The Bertz CT molecular complexity index is 847. The van der Waals surface area contributed by atoms with Gasteiger partial charge in [0.2, 0.25) is 0 Å². The molecule has 0 radical (unpaired) electrons. The van der Waals surface area contributed by atoms with Gasteiger partial charge in [-0.05, 0) is 49.8 Å². The summed E-state index contributed by atoms with van der Waals surface area (Å²) in [5.74, 6) is 1.02. The van der Waals surface area contributed by atoms with E-state index in [0.29, 0.717) is 43.4 Å². The zero-order chi connectivity index (χ0) is 26.8. The molecule has 0 spiro atoms. The largest absolute Gasteiger partial charge is 0.493 e. The molecule has 9 nitrogen and oxygen atoms in total. The van der Waals surface area contributed by atoms with Gasteiger partial charge in [-0.1, -0.05) is 13.8 Å². The number of benzene rings is 1. The molecule has 2 N–H and O–H groups in total. The summed E-state index contributed by atoms with van der Waals surface area (Å²) in [5.41, 5.74) is 0.543. The summed E-state index contributed by atoms with van der Waals surface area (Å²) in [7, 11) is 4.96. The van der Waals surface area contributed by atoms with Crippen molar-refractivity contribution in [2.24, 2.45) is 17.8 Å². The van der Waals surface area contributed by atoms with Crippen molar-refractivity contribution in [3.63, 3.8) is 0 Å². The summed E-state index contributed by atoms with van der Waals surface area (Å²) in [6.07, 6.45) is -0.269. The van der Waals surface area contributed by atoms with Crippen LogP contribution in [0.2, 0.25) is 0 Å². The predicted octanol–water partition coefficient (Wildman–Crippen LogP) is 2.27. The van der Waals surface area contributed by atoms with E-state index in [9.17, 15) is 14.7 Å². The minimum absolute atomic E-state index is 0.00551. The fraction of sp³-hybridized carbons (Fsp3) is 0.704. The molecule has 1 aromatic carbocycles. The van der Waals surface area contributed by atoms with Crippen LogP contribution in [-0.2, 0) is 9.53 Å². The summed E-state index contributed by atoms with van der Waals surface area (Å²) >= 11 is 0. The van der Waals surface area contributed by atoms with Gasteiger partial charge in [0.1, 0.15) is 6.10 Å². The third-order valence-electron chi connectivity index (χ3n) is 6.73. The van der Waals surface area contributed by atoms with Gasteiger partial charge < -0.3 is 34.4 Å². The number of nitrogens with zero attached hydrogens (tertiary/aromatic N) is 2. The molecule has 0 bridgehead atoms. The third-order valence-corrected chi connectivity index (χ3v) is 6.73. The van der Waals surface area contributed by atoms with Gasteiger partial charge in [-0.2, -0.15) is 0 Å². The summed E-state index contributed by atoms with van der Waals surface area (Å²) in [6, 6.07) is 5.27. The highest BCUT2D eigenvalue weighted by Gasteiger charge is 2.34. The molecular weight excluding hydrogens is 462 g/mol. The molecular formula is C27H45N3O6. The SMILES string of the molecule is COCCCOc1cc(C(=O)N(C[C@@H]2CNC[C@H]2CN(C)C(=O)C(O)C(C)C)C(C)C)ccc1OC. The molecule has 9 heteroatoms. The molecule has 1 saturated heterocycles. The molecule has 1 heterocycles. The zero-order valence-corrected chi connectivity index (χ0v) is 23.0. The summed E-state index contributed by atoms with van der Waals surface area (Å²) in [6.45, 7) is 11.4. The molecule has 0 saturated carbocycles. The molecule has 1 aliphatic heterocycles. The van der Waals surface area contributed by atoms with Crippen LogP contribution >= 0.6 is 0 Å². The molecule has 2 amide bonds. The van der Waals surface area contributed by atoms with Crippen LogP contribution in [0.1, 0.15) is 44.5 Å². The second-order valence-corrected chi connectivity index (χ2v) is 10.2. The first-order valence-electron chi connectivity index (χ1n) is 12.8. The van der Waals surface area contributed by atoms with Crippen LogP contribution in [0, 0.1) is 17.8 Å². The molecule has 1 aromatic rings. The average Bonchev–Trinajstić information content (AvgIpc) is 3.29. The number of carbonyl (C=O) groups excluding carboxylic acids is 2. The number of likely N-dealkylation sites (N-methyl/N-ethyl adjacent to an activating group) is 1. The Kier molecular flexibility index (Phi) is 11.9. The standard InChI is InChI=1S/C27H45N3O6/c1-18(2)25(31)27(33)29(5)16-21-14-28-15-22(21)17-30(19(3)4)26(32)20-9-10-23(35-7)24(13-20)36-12-8-11-34-6/h9-10,13,18-19,21-22,25,28,31H,8,11-12,14-17H2,1-7H3/t21-,22-,25?/m0/s1. The Morgan fingerprint density at radius 1 is 1.06 bits per heavy atom.